The van der Waals surface area contributed by atoms with Crippen LogP contribution in [-0.2, 0) is 4.79 Å². The molecule has 0 saturated heterocycles. The van der Waals surface area contributed by atoms with E-state index in [9.17, 15) is 24.1 Å². The minimum atomic E-state index is -1.23. The summed E-state index contributed by atoms with van der Waals surface area (Å²) in [6.07, 6.45) is 0.502. The highest BCUT2D eigenvalue weighted by Crippen LogP contribution is 2.30. The highest BCUT2D eigenvalue weighted by molar-refractivity contribution is 9.10. The number of carboxylic acids is 1. The maximum atomic E-state index is 13.4. The fourth-order valence-corrected chi connectivity index (χ4v) is 2.33. The lowest BCUT2D eigenvalue weighted by molar-refractivity contribution is -0.385. The molecule has 2 N–H and O–H groups in total. The number of nitrogens with one attached hydrogen (secondary N) is 1. The molecule has 0 aliphatic heterocycles. The molecule has 0 aliphatic rings. The van der Waals surface area contributed by atoms with Gasteiger partial charge < -0.3 is 10.4 Å². The second-order valence-corrected chi connectivity index (χ2v) is 5.51. The maximum Gasteiger partial charge on any atom is 0.326 e. The molecule has 1 rings (SSSR count). The fraction of sp³-hybridized carbons (Fsp3) is 0.385. The highest BCUT2D eigenvalue weighted by Gasteiger charge is 2.28. The standard InChI is InChI=1S/C13H14BrFN2O5/c1-3-6(2)11(13(19)20)16-12(18)8-4-7(15)5-9(10(8)14)17(21)22/h4-6,11H,3H2,1-2H3,(H,16,18)(H,19,20). The van der Waals surface area contributed by atoms with Crippen LogP contribution in [0.3, 0.4) is 0 Å². The number of rotatable bonds is 6. The minimum Gasteiger partial charge on any atom is -0.480 e. The van der Waals surface area contributed by atoms with Gasteiger partial charge in [0, 0.05) is 0 Å². The third-order valence-corrected chi connectivity index (χ3v) is 4.06. The van der Waals surface area contributed by atoms with Crippen LogP contribution in [-0.4, -0.2) is 27.9 Å². The van der Waals surface area contributed by atoms with E-state index >= 15 is 0 Å². The van der Waals surface area contributed by atoms with Gasteiger partial charge in [-0.2, -0.15) is 0 Å². The normalized spacial score (nSPS) is 13.3. The second kappa shape index (κ2) is 7.30. The first-order valence-corrected chi connectivity index (χ1v) is 7.15. The largest absolute Gasteiger partial charge is 0.480 e. The van der Waals surface area contributed by atoms with Crippen LogP contribution in [0.5, 0.6) is 0 Å². The van der Waals surface area contributed by atoms with Crippen molar-refractivity contribution in [1.82, 2.24) is 5.32 Å². The van der Waals surface area contributed by atoms with E-state index in [-0.39, 0.29) is 16.0 Å². The molecule has 2 unspecified atom stereocenters. The molecule has 0 spiro atoms. The van der Waals surface area contributed by atoms with Crippen molar-refractivity contribution in [3.05, 3.63) is 38.1 Å². The average Bonchev–Trinajstić information content (AvgIpc) is 2.45. The van der Waals surface area contributed by atoms with Gasteiger partial charge in [0.25, 0.3) is 11.6 Å². The molecule has 120 valence electrons. The molecule has 1 aromatic rings. The van der Waals surface area contributed by atoms with Crippen molar-refractivity contribution >= 4 is 33.5 Å². The van der Waals surface area contributed by atoms with E-state index in [1.54, 1.807) is 13.8 Å². The summed E-state index contributed by atoms with van der Waals surface area (Å²) < 4.78 is 13.2. The molecule has 0 radical (unpaired) electrons. The van der Waals surface area contributed by atoms with E-state index in [4.69, 9.17) is 5.11 Å². The van der Waals surface area contributed by atoms with E-state index in [1.165, 1.54) is 0 Å². The number of hydrogen-bond donors (Lipinski definition) is 2. The highest BCUT2D eigenvalue weighted by atomic mass is 79.9. The Morgan fingerprint density at radius 2 is 2.09 bits per heavy atom. The zero-order valence-corrected chi connectivity index (χ0v) is 13.4. The summed E-state index contributed by atoms with van der Waals surface area (Å²) in [6, 6.07) is 0.304. The number of halogens is 2. The molecule has 0 aromatic heterocycles. The third kappa shape index (κ3) is 4.00. The number of nitro groups is 1. The molecule has 2 atom stereocenters. The van der Waals surface area contributed by atoms with Crippen LogP contribution in [0.2, 0.25) is 0 Å². The van der Waals surface area contributed by atoms with Crippen molar-refractivity contribution in [2.75, 3.05) is 0 Å². The van der Waals surface area contributed by atoms with Gasteiger partial charge in [0.15, 0.2) is 0 Å². The lowest BCUT2D eigenvalue weighted by Crippen LogP contribution is -2.45. The Morgan fingerprint density at radius 1 is 1.50 bits per heavy atom. The van der Waals surface area contributed by atoms with E-state index in [0.29, 0.717) is 12.5 Å². The van der Waals surface area contributed by atoms with Crippen molar-refractivity contribution in [3.8, 4) is 0 Å². The van der Waals surface area contributed by atoms with Crippen molar-refractivity contribution in [2.24, 2.45) is 5.92 Å². The van der Waals surface area contributed by atoms with Gasteiger partial charge in [-0.25, -0.2) is 9.18 Å². The van der Waals surface area contributed by atoms with Crippen LogP contribution in [0, 0.1) is 21.8 Å². The van der Waals surface area contributed by atoms with Crippen LogP contribution in [0.4, 0.5) is 10.1 Å². The summed E-state index contributed by atoms with van der Waals surface area (Å²) in [5.41, 5.74) is -0.943. The Morgan fingerprint density at radius 3 is 2.55 bits per heavy atom. The Kier molecular flexibility index (Phi) is 5.98. The van der Waals surface area contributed by atoms with Crippen LogP contribution >= 0.6 is 15.9 Å². The number of aliphatic carboxylic acids is 1. The van der Waals surface area contributed by atoms with E-state index in [1.807, 2.05) is 0 Å². The van der Waals surface area contributed by atoms with Gasteiger partial charge in [-0.15, -0.1) is 0 Å². The molecule has 22 heavy (non-hydrogen) atoms. The number of amides is 1. The van der Waals surface area contributed by atoms with Gasteiger partial charge in [0.2, 0.25) is 0 Å². The zero-order chi connectivity index (χ0) is 17.0. The Labute approximate surface area is 133 Å². The predicted molar refractivity (Wildman–Crippen MR) is 79.1 cm³/mol. The van der Waals surface area contributed by atoms with Gasteiger partial charge in [-0.05, 0) is 27.9 Å². The molecule has 0 bridgehead atoms. The molecular formula is C13H14BrFN2O5. The third-order valence-electron chi connectivity index (χ3n) is 3.23. The predicted octanol–water partition coefficient (Wildman–Crippen LogP) is 2.73. The fourth-order valence-electron chi connectivity index (χ4n) is 1.78. The molecule has 9 heteroatoms. The number of nitrogens with zero attached hydrogens (tertiary/aromatic N) is 1. The molecule has 0 saturated carbocycles. The summed E-state index contributed by atoms with van der Waals surface area (Å²) >= 11 is 2.88. The second-order valence-electron chi connectivity index (χ2n) is 4.72. The Hall–Kier alpha value is -2.03. The quantitative estimate of drug-likeness (QED) is 0.585. The smallest absolute Gasteiger partial charge is 0.326 e. The maximum absolute atomic E-state index is 13.4. The number of carbonyl (C=O) groups is 2. The lowest BCUT2D eigenvalue weighted by Gasteiger charge is -2.20. The first-order chi connectivity index (χ1) is 10.2. The van der Waals surface area contributed by atoms with Gasteiger partial charge in [0.05, 0.1) is 16.6 Å². The number of carbonyl (C=O) groups excluding carboxylic acids is 1. The van der Waals surface area contributed by atoms with Crippen molar-refractivity contribution < 1.29 is 24.0 Å². The van der Waals surface area contributed by atoms with Crippen LogP contribution in [0.15, 0.2) is 16.6 Å². The van der Waals surface area contributed by atoms with Crippen LogP contribution in [0.25, 0.3) is 0 Å². The number of benzene rings is 1. The van der Waals surface area contributed by atoms with E-state index < -0.39 is 34.3 Å². The average molecular weight is 377 g/mol. The van der Waals surface area contributed by atoms with Crippen molar-refractivity contribution in [2.45, 2.75) is 26.3 Å². The number of nitro benzene ring substituents is 1. The van der Waals surface area contributed by atoms with Gasteiger partial charge in [-0.3, -0.25) is 14.9 Å². The monoisotopic (exact) mass is 376 g/mol. The SMILES string of the molecule is CCC(C)C(NC(=O)c1cc(F)cc([N+](=O)[O-])c1Br)C(=O)O. The summed E-state index contributed by atoms with van der Waals surface area (Å²) in [6.45, 7) is 3.40. The summed E-state index contributed by atoms with van der Waals surface area (Å²) in [4.78, 5) is 33.3. The van der Waals surface area contributed by atoms with Crippen molar-refractivity contribution in [1.29, 1.82) is 0 Å². The van der Waals surface area contributed by atoms with Crippen molar-refractivity contribution in [3.63, 3.8) is 0 Å². The molecule has 0 aliphatic carbocycles. The van der Waals surface area contributed by atoms with Gasteiger partial charge in [0.1, 0.15) is 16.3 Å². The Balaban J connectivity index is 3.18. The van der Waals surface area contributed by atoms with Crippen LogP contribution < -0.4 is 5.32 Å². The summed E-state index contributed by atoms with van der Waals surface area (Å²) in [7, 11) is 0. The van der Waals surface area contributed by atoms with Gasteiger partial charge in [-0.1, -0.05) is 20.3 Å². The first kappa shape index (κ1) is 18.0. The Bertz CT molecular complexity index is 623. The minimum absolute atomic E-state index is 0.204. The summed E-state index contributed by atoms with van der Waals surface area (Å²) in [5.74, 6) is -3.45. The lowest BCUT2D eigenvalue weighted by atomic mass is 9.99. The van der Waals surface area contributed by atoms with Crippen LogP contribution in [0.1, 0.15) is 30.6 Å². The zero-order valence-electron chi connectivity index (χ0n) is 11.8. The molecule has 0 fully saturated rings. The topological polar surface area (TPSA) is 110 Å². The van der Waals surface area contributed by atoms with Gasteiger partial charge >= 0.3 is 5.97 Å². The first-order valence-electron chi connectivity index (χ1n) is 6.36. The molecule has 1 aromatic carbocycles. The number of carboxylic acid groups (broad SMARTS) is 1. The summed E-state index contributed by atoms with van der Waals surface area (Å²) in [5, 5.41) is 22.2. The molecule has 7 nitrogen and oxygen atoms in total. The number of hydrogen-bond acceptors (Lipinski definition) is 4. The van der Waals surface area contributed by atoms with E-state index in [0.717, 1.165) is 6.07 Å². The molecule has 0 heterocycles. The van der Waals surface area contributed by atoms with E-state index in [2.05, 4.69) is 21.2 Å². The molecule has 1 amide bonds. The molecular weight excluding hydrogens is 363 g/mol.